The highest BCUT2D eigenvalue weighted by molar-refractivity contribution is 6.07. The Kier molecular flexibility index (Phi) is 5.42. The molecule has 2 aromatic carbocycles. The Balaban J connectivity index is 1.36. The Labute approximate surface area is 181 Å². The van der Waals surface area contributed by atoms with E-state index in [-0.39, 0.29) is 11.9 Å². The molecule has 5 nitrogen and oxygen atoms in total. The first kappa shape index (κ1) is 19.4. The molecule has 1 amide bonds. The summed E-state index contributed by atoms with van der Waals surface area (Å²) in [6.45, 7) is 2.75. The van der Waals surface area contributed by atoms with Crippen molar-refractivity contribution in [3.05, 3.63) is 96.2 Å². The fraction of sp³-hybridized carbons (Fsp3) is 0.192. The molecule has 0 bridgehead atoms. The molecular weight excluding hydrogens is 384 g/mol. The number of hydrogen-bond donors (Lipinski definition) is 1. The van der Waals surface area contributed by atoms with E-state index in [2.05, 4.69) is 39.5 Å². The fourth-order valence-corrected chi connectivity index (χ4v) is 4.21. The molecule has 1 unspecified atom stereocenters. The summed E-state index contributed by atoms with van der Waals surface area (Å²) >= 11 is 0. The average molecular weight is 409 g/mol. The lowest BCUT2D eigenvalue weighted by Crippen LogP contribution is -2.37. The van der Waals surface area contributed by atoms with Crippen LogP contribution in [0.2, 0.25) is 0 Å². The highest BCUT2D eigenvalue weighted by atomic mass is 16.1. The molecule has 2 aromatic heterocycles. The fourth-order valence-electron chi connectivity index (χ4n) is 4.21. The summed E-state index contributed by atoms with van der Waals surface area (Å²) in [7, 11) is 0. The van der Waals surface area contributed by atoms with Crippen LogP contribution in [0.4, 0.5) is 0 Å². The third-order valence-electron chi connectivity index (χ3n) is 5.74. The van der Waals surface area contributed by atoms with Gasteiger partial charge in [0.1, 0.15) is 0 Å². The summed E-state index contributed by atoms with van der Waals surface area (Å²) in [5, 5.41) is 4.11. The van der Waals surface area contributed by atoms with Gasteiger partial charge in [-0.05, 0) is 36.2 Å². The maximum atomic E-state index is 13.3. The largest absolute Gasteiger partial charge is 0.348 e. The Morgan fingerprint density at radius 1 is 0.968 bits per heavy atom. The van der Waals surface area contributed by atoms with Gasteiger partial charge in [-0.2, -0.15) is 0 Å². The van der Waals surface area contributed by atoms with Crippen LogP contribution in [0.25, 0.3) is 22.3 Å². The van der Waals surface area contributed by atoms with Gasteiger partial charge in [0.25, 0.3) is 5.91 Å². The molecule has 1 aliphatic rings. The van der Waals surface area contributed by atoms with Gasteiger partial charge in [0.05, 0.1) is 22.5 Å². The Morgan fingerprint density at radius 3 is 2.61 bits per heavy atom. The van der Waals surface area contributed by atoms with Crippen molar-refractivity contribution in [1.82, 2.24) is 20.2 Å². The standard InChI is InChI=1S/C26H24N4O/c31-26(28-20-13-15-30(18-20)17-19-8-2-1-3-9-19)22-16-25(24-12-6-7-14-27-24)29-23-11-5-4-10-21(22)23/h1-12,14,16,20H,13,15,17-18H2,(H,28,31). The van der Waals surface area contributed by atoms with E-state index in [1.54, 1.807) is 6.20 Å². The second kappa shape index (κ2) is 8.66. The predicted molar refractivity (Wildman–Crippen MR) is 123 cm³/mol. The van der Waals surface area contributed by atoms with E-state index in [1.807, 2.05) is 54.6 Å². The predicted octanol–water partition coefficient (Wildman–Crippen LogP) is 4.30. The summed E-state index contributed by atoms with van der Waals surface area (Å²) < 4.78 is 0. The Hall–Kier alpha value is -3.57. The minimum absolute atomic E-state index is 0.0534. The zero-order valence-corrected chi connectivity index (χ0v) is 17.2. The van der Waals surface area contributed by atoms with Gasteiger partial charge < -0.3 is 5.32 Å². The summed E-state index contributed by atoms with van der Waals surface area (Å²) in [4.78, 5) is 24.8. The first-order valence-corrected chi connectivity index (χ1v) is 10.6. The van der Waals surface area contributed by atoms with Crippen molar-refractivity contribution in [2.75, 3.05) is 13.1 Å². The monoisotopic (exact) mass is 408 g/mol. The lowest BCUT2D eigenvalue weighted by Gasteiger charge is -2.17. The van der Waals surface area contributed by atoms with Gasteiger partial charge in [-0.3, -0.25) is 14.7 Å². The van der Waals surface area contributed by atoms with Crippen molar-refractivity contribution in [1.29, 1.82) is 0 Å². The highest BCUT2D eigenvalue weighted by Gasteiger charge is 2.25. The molecular formula is C26H24N4O. The van der Waals surface area contributed by atoms with Crippen molar-refractivity contribution in [3.63, 3.8) is 0 Å². The van der Waals surface area contributed by atoms with Crippen molar-refractivity contribution in [2.24, 2.45) is 0 Å². The molecule has 1 saturated heterocycles. The van der Waals surface area contributed by atoms with Crippen LogP contribution in [0.1, 0.15) is 22.3 Å². The van der Waals surface area contributed by atoms with Crippen LogP contribution in [0.5, 0.6) is 0 Å². The van der Waals surface area contributed by atoms with E-state index in [0.29, 0.717) is 11.3 Å². The van der Waals surface area contributed by atoms with E-state index < -0.39 is 0 Å². The van der Waals surface area contributed by atoms with Gasteiger partial charge in [-0.1, -0.05) is 54.6 Å². The van der Waals surface area contributed by atoms with Crippen LogP contribution in [0.3, 0.4) is 0 Å². The van der Waals surface area contributed by atoms with Gasteiger partial charge in [0.2, 0.25) is 0 Å². The van der Waals surface area contributed by atoms with Crippen LogP contribution in [-0.2, 0) is 6.54 Å². The number of pyridine rings is 2. The zero-order valence-electron chi connectivity index (χ0n) is 17.2. The lowest BCUT2D eigenvalue weighted by molar-refractivity contribution is 0.0939. The van der Waals surface area contributed by atoms with Crippen molar-refractivity contribution in [3.8, 4) is 11.4 Å². The van der Waals surface area contributed by atoms with Crippen LogP contribution in [-0.4, -0.2) is 39.9 Å². The van der Waals surface area contributed by atoms with Gasteiger partial charge in [0, 0.05) is 37.3 Å². The molecule has 0 saturated carbocycles. The normalized spacial score (nSPS) is 16.5. The molecule has 154 valence electrons. The maximum absolute atomic E-state index is 13.3. The van der Waals surface area contributed by atoms with Gasteiger partial charge in [0.15, 0.2) is 0 Å². The number of aromatic nitrogens is 2. The van der Waals surface area contributed by atoms with Crippen LogP contribution in [0.15, 0.2) is 85.1 Å². The Bertz CT molecular complexity index is 1190. The molecule has 0 radical (unpaired) electrons. The molecule has 0 aliphatic carbocycles. The molecule has 5 rings (SSSR count). The minimum Gasteiger partial charge on any atom is -0.348 e. The van der Waals surface area contributed by atoms with Crippen LogP contribution in [0, 0.1) is 0 Å². The summed E-state index contributed by atoms with van der Waals surface area (Å²) in [6.07, 6.45) is 2.69. The van der Waals surface area contributed by atoms with Gasteiger partial charge in [-0.15, -0.1) is 0 Å². The van der Waals surface area contributed by atoms with Crippen LogP contribution < -0.4 is 5.32 Å². The summed E-state index contributed by atoms with van der Waals surface area (Å²) in [6, 6.07) is 26.0. The van der Waals surface area contributed by atoms with Gasteiger partial charge in [-0.25, -0.2) is 4.98 Å². The van der Waals surface area contributed by atoms with Crippen molar-refractivity contribution >= 4 is 16.8 Å². The third-order valence-corrected chi connectivity index (χ3v) is 5.74. The number of benzene rings is 2. The Morgan fingerprint density at radius 2 is 1.77 bits per heavy atom. The van der Waals surface area contributed by atoms with E-state index in [1.165, 1.54) is 5.56 Å². The SMILES string of the molecule is O=C(NC1CCN(Cc2ccccc2)C1)c1cc(-c2ccccn2)nc2ccccc12. The third kappa shape index (κ3) is 4.32. The molecule has 1 fully saturated rings. The van der Waals surface area contributed by atoms with E-state index in [0.717, 1.165) is 42.7 Å². The van der Waals surface area contributed by atoms with E-state index in [4.69, 9.17) is 4.98 Å². The molecule has 4 aromatic rings. The second-order valence-corrected chi connectivity index (χ2v) is 7.97. The molecule has 1 atom stereocenters. The highest BCUT2D eigenvalue weighted by Crippen LogP contribution is 2.24. The average Bonchev–Trinajstić information content (AvgIpc) is 3.26. The smallest absolute Gasteiger partial charge is 0.252 e. The summed E-state index contributed by atoms with van der Waals surface area (Å²) in [5.41, 5.74) is 4.22. The van der Waals surface area contributed by atoms with Crippen molar-refractivity contribution < 1.29 is 4.79 Å². The first-order chi connectivity index (χ1) is 15.3. The number of likely N-dealkylation sites (tertiary alicyclic amines) is 1. The first-order valence-electron chi connectivity index (χ1n) is 10.6. The maximum Gasteiger partial charge on any atom is 0.252 e. The van der Waals surface area contributed by atoms with E-state index >= 15 is 0 Å². The number of nitrogens with zero attached hydrogens (tertiary/aromatic N) is 3. The van der Waals surface area contributed by atoms with Gasteiger partial charge >= 0.3 is 0 Å². The number of nitrogens with one attached hydrogen (secondary N) is 1. The molecule has 0 spiro atoms. The topological polar surface area (TPSA) is 58.1 Å². The number of amides is 1. The van der Waals surface area contributed by atoms with Crippen LogP contribution >= 0.6 is 0 Å². The minimum atomic E-state index is -0.0534. The number of rotatable bonds is 5. The summed E-state index contributed by atoms with van der Waals surface area (Å²) in [5.74, 6) is -0.0534. The number of para-hydroxylation sites is 1. The van der Waals surface area contributed by atoms with Crippen molar-refractivity contribution in [2.45, 2.75) is 19.0 Å². The molecule has 31 heavy (non-hydrogen) atoms. The number of carbonyl (C=O) groups is 1. The molecule has 1 N–H and O–H groups in total. The molecule has 3 heterocycles. The number of carbonyl (C=O) groups excluding carboxylic acids is 1. The van der Waals surface area contributed by atoms with E-state index in [9.17, 15) is 4.79 Å². The molecule has 5 heteroatoms. The zero-order chi connectivity index (χ0) is 21.0. The quantitative estimate of drug-likeness (QED) is 0.535. The lowest BCUT2D eigenvalue weighted by atomic mass is 10.0. The number of fused-ring (bicyclic) bond motifs is 1. The second-order valence-electron chi connectivity index (χ2n) is 7.97. The number of hydrogen-bond acceptors (Lipinski definition) is 4. The molecule has 1 aliphatic heterocycles.